The molecule has 0 aromatic heterocycles. The Morgan fingerprint density at radius 2 is 1.67 bits per heavy atom. The van der Waals surface area contributed by atoms with Crippen LogP contribution in [0.5, 0.6) is 0 Å². The summed E-state index contributed by atoms with van der Waals surface area (Å²) in [5, 5.41) is 0. The highest BCUT2D eigenvalue weighted by atomic mass is 19.3. The first-order valence-corrected chi connectivity index (χ1v) is 5.87. The highest BCUT2D eigenvalue weighted by Crippen LogP contribution is 2.57. The first-order chi connectivity index (χ1) is 6.85. The predicted octanol–water partition coefficient (Wildman–Crippen LogP) is 3.91. The van der Waals surface area contributed by atoms with Crippen molar-refractivity contribution in [2.24, 2.45) is 29.6 Å². The van der Waals surface area contributed by atoms with E-state index in [1.807, 2.05) is 6.92 Å². The van der Waals surface area contributed by atoms with Crippen molar-refractivity contribution in [3.63, 3.8) is 0 Å². The molecule has 0 nitrogen and oxygen atoms in total. The average molecular weight is 220 g/mol. The molecule has 6 atom stereocenters. The summed E-state index contributed by atoms with van der Waals surface area (Å²) >= 11 is 0. The van der Waals surface area contributed by atoms with Gasteiger partial charge < -0.3 is 0 Å². The van der Waals surface area contributed by atoms with Crippen LogP contribution in [-0.4, -0.2) is 12.1 Å². The van der Waals surface area contributed by atoms with Crippen molar-refractivity contribution in [1.82, 2.24) is 0 Å². The molecule has 0 saturated heterocycles. The zero-order chi connectivity index (χ0) is 11.4. The lowest BCUT2D eigenvalue weighted by Crippen LogP contribution is -2.45. The molecule has 0 aliphatic heterocycles. The highest BCUT2D eigenvalue weighted by Gasteiger charge is 2.61. The Hall–Kier alpha value is -0.210. The van der Waals surface area contributed by atoms with E-state index in [2.05, 4.69) is 0 Å². The number of fused-ring (bicyclic) bond motifs is 1. The van der Waals surface area contributed by atoms with Gasteiger partial charge in [-0.3, -0.25) is 0 Å². The van der Waals surface area contributed by atoms with Gasteiger partial charge in [0.05, 0.1) is 5.92 Å². The van der Waals surface area contributed by atoms with E-state index >= 15 is 0 Å². The van der Waals surface area contributed by atoms with Crippen LogP contribution in [0.2, 0.25) is 0 Å². The number of hydrogen-bond acceptors (Lipinski definition) is 0. The third-order valence-electron chi connectivity index (χ3n) is 4.68. The van der Waals surface area contributed by atoms with Crippen LogP contribution in [0.3, 0.4) is 0 Å². The molecule has 0 aromatic rings. The largest absolute Gasteiger partial charge is 0.256 e. The van der Waals surface area contributed by atoms with Crippen LogP contribution in [-0.2, 0) is 0 Å². The van der Waals surface area contributed by atoms with Gasteiger partial charge in [0.2, 0.25) is 0 Å². The Bertz CT molecular complexity index is 249. The Morgan fingerprint density at radius 3 is 2.27 bits per heavy atom. The first-order valence-electron chi connectivity index (χ1n) is 5.87. The van der Waals surface area contributed by atoms with Crippen LogP contribution in [0.15, 0.2) is 0 Å². The summed E-state index contributed by atoms with van der Waals surface area (Å²) in [7, 11) is 0. The van der Waals surface area contributed by atoms with E-state index < -0.39 is 23.9 Å². The van der Waals surface area contributed by atoms with Crippen molar-refractivity contribution in [2.75, 3.05) is 0 Å². The van der Waals surface area contributed by atoms with Crippen molar-refractivity contribution in [3.8, 4) is 0 Å². The topological polar surface area (TPSA) is 0 Å². The number of rotatable bonds is 0. The van der Waals surface area contributed by atoms with Gasteiger partial charge in [-0.2, -0.15) is 0 Å². The normalized spacial score (nSPS) is 54.0. The van der Waals surface area contributed by atoms with Gasteiger partial charge in [0.25, 0.3) is 5.92 Å². The van der Waals surface area contributed by atoms with Crippen LogP contribution in [0.4, 0.5) is 13.2 Å². The standard InChI is InChI=1S/C12H19F3/c1-6-4-9-5-7(2)12(14,15)10(9)11(13)8(6)3/h6-11H,4-5H2,1-3H3. The summed E-state index contributed by atoms with van der Waals surface area (Å²) in [5.41, 5.74) is 0. The zero-order valence-electron chi connectivity index (χ0n) is 9.51. The Morgan fingerprint density at radius 1 is 1.07 bits per heavy atom. The summed E-state index contributed by atoms with van der Waals surface area (Å²) in [6, 6.07) is 0. The fourth-order valence-corrected chi connectivity index (χ4v) is 3.45. The summed E-state index contributed by atoms with van der Waals surface area (Å²) in [5.74, 6) is -4.54. The minimum absolute atomic E-state index is 0.101. The molecule has 15 heavy (non-hydrogen) atoms. The minimum Gasteiger partial charge on any atom is -0.247 e. The molecule has 0 aromatic carbocycles. The summed E-state index contributed by atoms with van der Waals surface area (Å²) in [6.45, 7) is 5.31. The minimum atomic E-state index is -2.79. The average Bonchev–Trinajstić information content (AvgIpc) is 2.34. The van der Waals surface area contributed by atoms with Crippen molar-refractivity contribution >= 4 is 0 Å². The Balaban J connectivity index is 2.27. The van der Waals surface area contributed by atoms with Crippen molar-refractivity contribution < 1.29 is 13.2 Å². The second kappa shape index (κ2) is 3.39. The van der Waals surface area contributed by atoms with Gasteiger partial charge >= 0.3 is 0 Å². The molecule has 2 fully saturated rings. The van der Waals surface area contributed by atoms with E-state index in [4.69, 9.17) is 0 Å². The molecule has 0 amide bonds. The smallest absolute Gasteiger partial charge is 0.247 e. The van der Waals surface area contributed by atoms with E-state index in [0.717, 1.165) is 6.42 Å². The van der Waals surface area contributed by atoms with E-state index in [1.165, 1.54) is 0 Å². The second-order valence-electron chi connectivity index (χ2n) is 5.61. The van der Waals surface area contributed by atoms with Crippen molar-refractivity contribution in [2.45, 2.75) is 45.7 Å². The van der Waals surface area contributed by atoms with Gasteiger partial charge in [-0.15, -0.1) is 0 Å². The summed E-state index contributed by atoms with van der Waals surface area (Å²) in [4.78, 5) is 0. The molecular formula is C12H19F3. The fraction of sp³-hybridized carbons (Fsp3) is 1.00. The van der Waals surface area contributed by atoms with Gasteiger partial charge in [0, 0.05) is 5.92 Å². The van der Waals surface area contributed by atoms with Crippen LogP contribution < -0.4 is 0 Å². The molecule has 0 bridgehead atoms. The molecule has 2 saturated carbocycles. The monoisotopic (exact) mass is 220 g/mol. The molecule has 0 N–H and O–H groups in total. The summed E-state index contributed by atoms with van der Waals surface area (Å²) < 4.78 is 41.5. The Labute approximate surface area is 89.2 Å². The van der Waals surface area contributed by atoms with Crippen molar-refractivity contribution in [1.29, 1.82) is 0 Å². The van der Waals surface area contributed by atoms with E-state index in [0.29, 0.717) is 6.42 Å². The number of hydrogen-bond donors (Lipinski definition) is 0. The van der Waals surface area contributed by atoms with Crippen LogP contribution in [0, 0.1) is 29.6 Å². The van der Waals surface area contributed by atoms with Gasteiger partial charge in [0.15, 0.2) is 0 Å². The summed E-state index contributed by atoms with van der Waals surface area (Å²) in [6.07, 6.45) is -0.0554. The molecule has 0 radical (unpaired) electrons. The van der Waals surface area contributed by atoms with E-state index in [9.17, 15) is 13.2 Å². The maximum atomic E-state index is 14.0. The quantitative estimate of drug-likeness (QED) is 0.580. The van der Waals surface area contributed by atoms with Crippen LogP contribution in [0.25, 0.3) is 0 Å². The van der Waals surface area contributed by atoms with Gasteiger partial charge in [-0.1, -0.05) is 20.8 Å². The SMILES string of the molecule is CC1CC2CC(C)C(F)(F)C2C(F)C1C. The third-order valence-corrected chi connectivity index (χ3v) is 4.68. The molecule has 2 rings (SSSR count). The third kappa shape index (κ3) is 1.50. The lowest BCUT2D eigenvalue weighted by Gasteiger charge is -2.40. The molecule has 88 valence electrons. The molecule has 0 spiro atoms. The van der Waals surface area contributed by atoms with Gasteiger partial charge in [0.1, 0.15) is 6.17 Å². The van der Waals surface area contributed by atoms with E-state index in [1.54, 1.807) is 13.8 Å². The van der Waals surface area contributed by atoms with Crippen LogP contribution >= 0.6 is 0 Å². The molecule has 6 unspecified atom stereocenters. The van der Waals surface area contributed by atoms with Gasteiger partial charge in [-0.25, -0.2) is 13.2 Å². The maximum Gasteiger partial charge on any atom is 0.256 e. The lowest BCUT2D eigenvalue weighted by molar-refractivity contribution is -0.125. The molecule has 2 aliphatic carbocycles. The lowest BCUT2D eigenvalue weighted by atomic mass is 9.69. The maximum absolute atomic E-state index is 14.0. The van der Waals surface area contributed by atoms with Gasteiger partial charge in [-0.05, 0) is 30.6 Å². The molecular weight excluding hydrogens is 201 g/mol. The van der Waals surface area contributed by atoms with Crippen molar-refractivity contribution in [3.05, 3.63) is 0 Å². The molecule has 2 aliphatic rings. The molecule has 3 heteroatoms. The van der Waals surface area contributed by atoms with Crippen LogP contribution in [0.1, 0.15) is 33.6 Å². The number of alkyl halides is 3. The fourth-order valence-electron chi connectivity index (χ4n) is 3.45. The Kier molecular flexibility index (Phi) is 2.55. The van der Waals surface area contributed by atoms with E-state index in [-0.39, 0.29) is 17.8 Å². The number of halogens is 3. The second-order valence-corrected chi connectivity index (χ2v) is 5.61. The highest BCUT2D eigenvalue weighted by molar-refractivity contribution is 5.03. The first kappa shape index (κ1) is 11.3. The molecule has 0 heterocycles. The zero-order valence-corrected chi connectivity index (χ0v) is 9.51. The predicted molar refractivity (Wildman–Crippen MR) is 53.5 cm³/mol.